The Morgan fingerprint density at radius 3 is 2.62 bits per heavy atom. The molecule has 84 valence electrons. The van der Waals surface area contributed by atoms with Gasteiger partial charge in [-0.15, -0.1) is 6.42 Å². The Balaban J connectivity index is 2.56. The minimum Gasteiger partial charge on any atom is -0.497 e. The Hall–Kier alpha value is -1.79. The highest BCUT2D eigenvalue weighted by molar-refractivity contribution is 5.96. The molecule has 3 heteroatoms. The van der Waals surface area contributed by atoms with Crippen LogP contribution >= 0.6 is 0 Å². The zero-order chi connectivity index (χ0) is 12.0. The van der Waals surface area contributed by atoms with Gasteiger partial charge < -0.3 is 9.84 Å². The highest BCUT2D eigenvalue weighted by atomic mass is 16.5. The number of benzene rings is 1. The highest BCUT2D eigenvalue weighted by Gasteiger charge is 2.08. The van der Waals surface area contributed by atoms with E-state index in [1.165, 1.54) is 0 Å². The predicted molar refractivity (Wildman–Crippen MR) is 61.4 cm³/mol. The lowest BCUT2D eigenvalue weighted by atomic mass is 10.0. The van der Waals surface area contributed by atoms with Crippen molar-refractivity contribution in [1.29, 1.82) is 0 Å². The summed E-state index contributed by atoms with van der Waals surface area (Å²) in [4.78, 5) is 11.6. The number of ketones is 1. The van der Waals surface area contributed by atoms with Gasteiger partial charge in [0, 0.05) is 12.0 Å². The molecule has 1 aromatic rings. The maximum atomic E-state index is 11.6. The first-order chi connectivity index (χ1) is 7.67. The molecule has 0 saturated carbocycles. The van der Waals surface area contributed by atoms with Crippen LogP contribution < -0.4 is 4.74 Å². The minimum absolute atomic E-state index is 0.0306. The van der Waals surface area contributed by atoms with Crippen molar-refractivity contribution in [1.82, 2.24) is 0 Å². The molecule has 0 aliphatic rings. The average molecular weight is 218 g/mol. The van der Waals surface area contributed by atoms with E-state index >= 15 is 0 Å². The smallest absolute Gasteiger partial charge is 0.163 e. The lowest BCUT2D eigenvalue weighted by Crippen LogP contribution is -2.07. The Bertz CT molecular complexity index is 387. The van der Waals surface area contributed by atoms with Crippen molar-refractivity contribution in [3.8, 4) is 18.1 Å². The number of carbonyl (C=O) groups excluding carboxylic acids is 1. The summed E-state index contributed by atoms with van der Waals surface area (Å²) in [5, 5.41) is 9.13. The Morgan fingerprint density at radius 1 is 1.50 bits per heavy atom. The third kappa shape index (κ3) is 3.41. The first kappa shape index (κ1) is 12.3. The molecular weight excluding hydrogens is 204 g/mol. The summed E-state index contributed by atoms with van der Waals surface area (Å²) in [6.45, 7) is 0. The number of methoxy groups -OCH3 is 1. The van der Waals surface area contributed by atoms with Crippen LogP contribution in [0.1, 0.15) is 23.2 Å². The van der Waals surface area contributed by atoms with E-state index in [0.717, 1.165) is 0 Å². The molecule has 0 fully saturated rings. The second kappa shape index (κ2) is 5.94. The first-order valence-electron chi connectivity index (χ1n) is 4.99. The summed E-state index contributed by atoms with van der Waals surface area (Å²) in [6.07, 6.45) is 4.70. The molecule has 0 unspecified atom stereocenters. The van der Waals surface area contributed by atoms with E-state index in [0.29, 0.717) is 17.7 Å². The number of ether oxygens (including phenoxy) is 1. The number of terminal acetylenes is 1. The number of aliphatic hydroxyl groups is 1. The van der Waals surface area contributed by atoms with Crippen LogP contribution in [0.3, 0.4) is 0 Å². The lowest BCUT2D eigenvalue weighted by molar-refractivity contribution is 0.0961. The number of hydrogen-bond acceptors (Lipinski definition) is 3. The van der Waals surface area contributed by atoms with Gasteiger partial charge in [0.25, 0.3) is 0 Å². The van der Waals surface area contributed by atoms with Gasteiger partial charge in [-0.05, 0) is 30.7 Å². The van der Waals surface area contributed by atoms with E-state index in [1.54, 1.807) is 31.4 Å². The first-order valence-corrected chi connectivity index (χ1v) is 4.99. The molecule has 0 aromatic heterocycles. The average Bonchev–Trinajstić information content (AvgIpc) is 2.35. The van der Waals surface area contributed by atoms with Gasteiger partial charge in [-0.3, -0.25) is 4.79 Å². The van der Waals surface area contributed by atoms with Crippen molar-refractivity contribution in [3.05, 3.63) is 29.8 Å². The van der Waals surface area contributed by atoms with Crippen LogP contribution in [0, 0.1) is 12.3 Å². The van der Waals surface area contributed by atoms with E-state index < -0.39 is 6.10 Å². The lowest BCUT2D eigenvalue weighted by Gasteiger charge is -2.04. The van der Waals surface area contributed by atoms with Crippen LogP contribution in [0.25, 0.3) is 0 Å². The Kier molecular flexibility index (Phi) is 4.56. The maximum Gasteiger partial charge on any atom is 0.163 e. The standard InChI is InChI=1S/C13H14O3/c1-3-11(14)6-9-13(15)10-4-7-12(16-2)8-5-10/h1,4-5,7-8,11,14H,6,9H2,2H3/t11-/m1/s1. The van der Waals surface area contributed by atoms with Gasteiger partial charge in [-0.1, -0.05) is 5.92 Å². The zero-order valence-electron chi connectivity index (χ0n) is 9.14. The number of rotatable bonds is 5. The molecule has 0 bridgehead atoms. The number of hydrogen-bond donors (Lipinski definition) is 1. The minimum atomic E-state index is -0.845. The predicted octanol–water partition coefficient (Wildman–Crippen LogP) is 1.65. The molecular formula is C13H14O3. The fourth-order valence-corrected chi connectivity index (χ4v) is 1.27. The fourth-order valence-electron chi connectivity index (χ4n) is 1.27. The second-order valence-corrected chi connectivity index (χ2v) is 3.37. The molecule has 0 radical (unpaired) electrons. The van der Waals surface area contributed by atoms with Crippen LogP contribution in [0.4, 0.5) is 0 Å². The van der Waals surface area contributed by atoms with Crippen molar-refractivity contribution < 1.29 is 14.6 Å². The van der Waals surface area contributed by atoms with Crippen LogP contribution in [-0.2, 0) is 0 Å². The SMILES string of the molecule is C#C[C@@H](O)CCC(=O)c1ccc(OC)cc1. The molecule has 0 heterocycles. The molecule has 1 N–H and O–H groups in total. The molecule has 1 aromatic carbocycles. The van der Waals surface area contributed by atoms with Gasteiger partial charge >= 0.3 is 0 Å². The van der Waals surface area contributed by atoms with E-state index in [2.05, 4.69) is 5.92 Å². The molecule has 1 atom stereocenters. The molecule has 0 saturated heterocycles. The molecule has 0 aliphatic heterocycles. The quantitative estimate of drug-likeness (QED) is 0.604. The summed E-state index contributed by atoms with van der Waals surface area (Å²) in [6, 6.07) is 6.85. The van der Waals surface area contributed by atoms with Crippen LogP contribution in [0.5, 0.6) is 5.75 Å². The third-order valence-electron chi connectivity index (χ3n) is 2.25. The number of carbonyl (C=O) groups is 1. The van der Waals surface area contributed by atoms with Crippen molar-refractivity contribution in [2.75, 3.05) is 7.11 Å². The van der Waals surface area contributed by atoms with Crippen LogP contribution in [0.2, 0.25) is 0 Å². The molecule has 1 rings (SSSR count). The van der Waals surface area contributed by atoms with E-state index in [-0.39, 0.29) is 12.2 Å². The van der Waals surface area contributed by atoms with Gasteiger partial charge in [0.1, 0.15) is 11.9 Å². The zero-order valence-corrected chi connectivity index (χ0v) is 9.14. The molecule has 16 heavy (non-hydrogen) atoms. The summed E-state index contributed by atoms with van der Waals surface area (Å²) in [5.41, 5.74) is 0.602. The largest absolute Gasteiger partial charge is 0.497 e. The van der Waals surface area contributed by atoms with Gasteiger partial charge in [0.15, 0.2) is 5.78 Å². The highest BCUT2D eigenvalue weighted by Crippen LogP contribution is 2.13. The van der Waals surface area contributed by atoms with Gasteiger partial charge in [0.05, 0.1) is 7.11 Å². The Morgan fingerprint density at radius 2 is 2.12 bits per heavy atom. The molecule has 0 amide bonds. The molecule has 0 spiro atoms. The van der Waals surface area contributed by atoms with Gasteiger partial charge in [0.2, 0.25) is 0 Å². The normalized spacial score (nSPS) is 11.6. The summed E-state index contributed by atoms with van der Waals surface area (Å²) in [7, 11) is 1.57. The van der Waals surface area contributed by atoms with Crippen LogP contribution in [0.15, 0.2) is 24.3 Å². The van der Waals surface area contributed by atoms with Crippen LogP contribution in [-0.4, -0.2) is 24.1 Å². The van der Waals surface area contributed by atoms with E-state index in [4.69, 9.17) is 16.3 Å². The monoisotopic (exact) mass is 218 g/mol. The van der Waals surface area contributed by atoms with Gasteiger partial charge in [-0.2, -0.15) is 0 Å². The van der Waals surface area contributed by atoms with Crippen molar-refractivity contribution in [2.45, 2.75) is 18.9 Å². The Labute approximate surface area is 95.1 Å². The van der Waals surface area contributed by atoms with Crippen molar-refractivity contribution in [3.63, 3.8) is 0 Å². The summed E-state index contributed by atoms with van der Waals surface area (Å²) >= 11 is 0. The summed E-state index contributed by atoms with van der Waals surface area (Å²) < 4.78 is 4.99. The fraction of sp³-hybridized carbons (Fsp3) is 0.308. The van der Waals surface area contributed by atoms with Crippen molar-refractivity contribution in [2.24, 2.45) is 0 Å². The van der Waals surface area contributed by atoms with E-state index in [1.807, 2.05) is 0 Å². The molecule has 0 aliphatic carbocycles. The maximum absolute atomic E-state index is 11.6. The molecule has 3 nitrogen and oxygen atoms in total. The van der Waals surface area contributed by atoms with E-state index in [9.17, 15) is 4.79 Å². The topological polar surface area (TPSA) is 46.5 Å². The number of Topliss-reactive ketones (excluding diaryl/α,β-unsaturated/α-hetero) is 1. The summed E-state index contributed by atoms with van der Waals surface area (Å²) in [5.74, 6) is 2.85. The number of aliphatic hydroxyl groups excluding tert-OH is 1. The van der Waals surface area contributed by atoms with Crippen molar-refractivity contribution >= 4 is 5.78 Å². The van der Waals surface area contributed by atoms with Gasteiger partial charge in [-0.25, -0.2) is 0 Å². The third-order valence-corrected chi connectivity index (χ3v) is 2.25. The second-order valence-electron chi connectivity index (χ2n) is 3.37.